The summed E-state index contributed by atoms with van der Waals surface area (Å²) in [6.07, 6.45) is 6.36. The Kier molecular flexibility index (Phi) is 6.95. The number of ether oxygens (including phenoxy) is 1. The molecule has 2 saturated heterocycles. The summed E-state index contributed by atoms with van der Waals surface area (Å²) < 4.78 is 5.47. The molecule has 2 unspecified atom stereocenters. The van der Waals surface area contributed by atoms with Crippen molar-refractivity contribution in [2.75, 3.05) is 57.4 Å². The van der Waals surface area contributed by atoms with Crippen LogP contribution in [-0.2, 0) is 14.9 Å². The Morgan fingerprint density at radius 3 is 2.38 bits per heavy atom. The summed E-state index contributed by atoms with van der Waals surface area (Å²) >= 11 is 19.5. The van der Waals surface area contributed by atoms with Crippen molar-refractivity contribution in [1.29, 1.82) is 0 Å². The molecular weight excluding hydrogens is 469 g/mol. The molecule has 1 aromatic carbocycles. The third-order valence-electron chi connectivity index (χ3n) is 8.01. The molecule has 1 spiro atoms. The summed E-state index contributed by atoms with van der Waals surface area (Å²) in [7, 11) is 0. The van der Waals surface area contributed by atoms with Crippen molar-refractivity contribution in [1.82, 2.24) is 9.80 Å². The van der Waals surface area contributed by atoms with Gasteiger partial charge in [0.1, 0.15) is 0 Å². The van der Waals surface area contributed by atoms with Crippen LogP contribution in [0.4, 0.5) is 5.69 Å². The van der Waals surface area contributed by atoms with E-state index in [-0.39, 0.29) is 11.3 Å². The van der Waals surface area contributed by atoms with E-state index in [0.717, 1.165) is 76.5 Å². The fourth-order valence-corrected chi connectivity index (χ4v) is 6.87. The Morgan fingerprint density at radius 2 is 1.66 bits per heavy atom. The van der Waals surface area contributed by atoms with Crippen molar-refractivity contribution >= 4 is 46.4 Å². The number of likely N-dealkylation sites (tertiary alicyclic amines) is 1. The molecule has 176 valence electrons. The van der Waals surface area contributed by atoms with Gasteiger partial charge < -0.3 is 9.64 Å². The van der Waals surface area contributed by atoms with E-state index in [1.807, 2.05) is 17.0 Å². The number of nitrogens with zero attached hydrogens (tertiary/aromatic N) is 3. The number of halogens is 3. The quantitative estimate of drug-likeness (QED) is 0.568. The zero-order valence-corrected chi connectivity index (χ0v) is 20.8. The maximum atomic E-state index is 13.9. The van der Waals surface area contributed by atoms with Crippen molar-refractivity contribution in [3.63, 3.8) is 0 Å². The third kappa shape index (κ3) is 4.18. The first-order valence-corrected chi connectivity index (χ1v) is 13.2. The Morgan fingerprint density at radius 1 is 0.969 bits per heavy atom. The minimum atomic E-state index is -0.498. The van der Waals surface area contributed by atoms with E-state index in [4.69, 9.17) is 39.5 Å². The zero-order chi connectivity index (χ0) is 22.3. The molecule has 2 atom stereocenters. The Bertz CT molecular complexity index is 853. The lowest BCUT2D eigenvalue weighted by atomic mass is 9.73. The van der Waals surface area contributed by atoms with Crippen molar-refractivity contribution in [3.8, 4) is 0 Å². The van der Waals surface area contributed by atoms with Gasteiger partial charge in [0.15, 0.2) is 0 Å². The van der Waals surface area contributed by atoms with Crippen LogP contribution in [0.15, 0.2) is 12.1 Å². The second kappa shape index (κ2) is 9.59. The van der Waals surface area contributed by atoms with Gasteiger partial charge in [0, 0.05) is 43.3 Å². The summed E-state index contributed by atoms with van der Waals surface area (Å²) in [5, 5.41) is 1.27. The van der Waals surface area contributed by atoms with E-state index in [2.05, 4.69) is 9.80 Å². The molecule has 4 aliphatic rings. The highest BCUT2D eigenvalue weighted by molar-refractivity contribution is 6.42. The van der Waals surface area contributed by atoms with Gasteiger partial charge in [-0.1, -0.05) is 36.0 Å². The van der Waals surface area contributed by atoms with Crippen molar-refractivity contribution in [3.05, 3.63) is 27.7 Å². The minimum Gasteiger partial charge on any atom is -0.379 e. The number of amides is 1. The van der Waals surface area contributed by atoms with Crippen molar-refractivity contribution < 1.29 is 9.53 Å². The smallest absolute Gasteiger partial charge is 0.237 e. The van der Waals surface area contributed by atoms with Gasteiger partial charge in [-0.3, -0.25) is 14.6 Å². The topological polar surface area (TPSA) is 36.0 Å². The number of anilines is 1. The summed E-state index contributed by atoms with van der Waals surface area (Å²) in [6, 6.07) is 4.28. The number of hydrogen-bond donors (Lipinski definition) is 0. The van der Waals surface area contributed by atoms with Gasteiger partial charge in [-0.05, 0) is 56.5 Å². The largest absolute Gasteiger partial charge is 0.379 e. The van der Waals surface area contributed by atoms with Crippen LogP contribution in [0.25, 0.3) is 0 Å². The van der Waals surface area contributed by atoms with Gasteiger partial charge in [-0.2, -0.15) is 0 Å². The summed E-state index contributed by atoms with van der Waals surface area (Å²) in [6.45, 7) is 6.65. The molecule has 3 heterocycles. The van der Waals surface area contributed by atoms with Crippen LogP contribution >= 0.6 is 34.8 Å². The van der Waals surface area contributed by atoms with Crippen LogP contribution in [0.2, 0.25) is 10.0 Å². The predicted octanol–water partition coefficient (Wildman–Crippen LogP) is 4.56. The van der Waals surface area contributed by atoms with Gasteiger partial charge in [0.25, 0.3) is 0 Å². The maximum absolute atomic E-state index is 13.9. The van der Waals surface area contributed by atoms with Crippen molar-refractivity contribution in [2.24, 2.45) is 0 Å². The molecule has 1 aliphatic carbocycles. The minimum absolute atomic E-state index is 0.213. The highest BCUT2D eigenvalue weighted by Crippen LogP contribution is 2.50. The number of fused-ring (bicyclic) bond motifs is 2. The molecular formula is C24H32Cl3N3O2. The Labute approximate surface area is 205 Å². The van der Waals surface area contributed by atoms with E-state index in [1.165, 1.54) is 19.3 Å². The molecule has 3 fully saturated rings. The first-order chi connectivity index (χ1) is 15.5. The summed E-state index contributed by atoms with van der Waals surface area (Å²) in [5.74, 6) is 0.213. The summed E-state index contributed by atoms with van der Waals surface area (Å²) in [5.41, 5.74) is 1.50. The Hall–Kier alpha value is -0.560. The van der Waals surface area contributed by atoms with Crippen molar-refractivity contribution in [2.45, 2.75) is 55.4 Å². The van der Waals surface area contributed by atoms with Gasteiger partial charge in [-0.25, -0.2) is 0 Å². The molecule has 8 heteroatoms. The highest BCUT2D eigenvalue weighted by atomic mass is 35.5. The number of rotatable bonds is 4. The van der Waals surface area contributed by atoms with Crippen LogP contribution < -0.4 is 4.90 Å². The lowest BCUT2D eigenvalue weighted by Crippen LogP contribution is -2.54. The number of carbonyl (C=O) groups is 1. The van der Waals surface area contributed by atoms with Crippen LogP contribution in [0, 0.1) is 0 Å². The molecule has 0 bridgehead atoms. The lowest BCUT2D eigenvalue weighted by molar-refractivity contribution is -0.125. The maximum Gasteiger partial charge on any atom is 0.237 e. The third-order valence-corrected chi connectivity index (χ3v) is 9.24. The van der Waals surface area contributed by atoms with E-state index >= 15 is 0 Å². The molecule has 1 saturated carbocycles. The van der Waals surface area contributed by atoms with Gasteiger partial charge >= 0.3 is 0 Å². The second-order valence-corrected chi connectivity index (χ2v) is 11.1. The van der Waals surface area contributed by atoms with Gasteiger partial charge in [-0.15, -0.1) is 11.6 Å². The van der Waals surface area contributed by atoms with E-state index in [0.29, 0.717) is 22.6 Å². The number of alkyl halides is 1. The molecule has 1 aromatic rings. The number of hydrogen-bond acceptors (Lipinski definition) is 4. The molecule has 0 N–H and O–H groups in total. The number of benzene rings is 1. The number of morpholine rings is 1. The first-order valence-electron chi connectivity index (χ1n) is 12.0. The summed E-state index contributed by atoms with van der Waals surface area (Å²) in [4.78, 5) is 20.8. The van der Waals surface area contributed by atoms with Gasteiger partial charge in [0.05, 0.1) is 28.7 Å². The highest BCUT2D eigenvalue weighted by Gasteiger charge is 2.53. The average Bonchev–Trinajstić information content (AvgIpc) is 3.01. The lowest BCUT2D eigenvalue weighted by Gasteiger charge is -2.44. The standard InChI is InChI=1S/C24H32Cl3N3O2/c25-18-3-1-2-4-21(18)29-7-5-24(6-8-29)17-15-19(26)20(27)16-22(17)30(23(24)31)10-9-28-11-13-32-14-12-28/h15-16,18,21H,1-14H2. The molecule has 32 heavy (non-hydrogen) atoms. The first kappa shape index (κ1) is 23.2. The fourth-order valence-electron chi connectivity index (χ4n) is 6.11. The second-order valence-electron chi connectivity index (χ2n) is 9.68. The average molecular weight is 501 g/mol. The molecule has 5 rings (SSSR count). The van der Waals surface area contributed by atoms with Gasteiger partial charge in [0.2, 0.25) is 5.91 Å². The molecule has 0 radical (unpaired) electrons. The zero-order valence-electron chi connectivity index (χ0n) is 18.5. The predicted molar refractivity (Wildman–Crippen MR) is 130 cm³/mol. The Balaban J connectivity index is 1.37. The molecule has 5 nitrogen and oxygen atoms in total. The van der Waals surface area contributed by atoms with Crippen LogP contribution in [-0.4, -0.2) is 79.6 Å². The van der Waals surface area contributed by atoms with Crippen LogP contribution in [0.3, 0.4) is 0 Å². The monoisotopic (exact) mass is 499 g/mol. The van der Waals surface area contributed by atoms with E-state index < -0.39 is 5.41 Å². The SMILES string of the molecule is O=C1N(CCN2CCOCC2)c2cc(Cl)c(Cl)cc2C12CCN(C1CCCCC1Cl)CC2. The normalized spacial score (nSPS) is 29.0. The molecule has 0 aromatic heterocycles. The van der Waals surface area contributed by atoms with Crippen LogP contribution in [0.5, 0.6) is 0 Å². The molecule has 3 aliphatic heterocycles. The van der Waals surface area contributed by atoms with E-state index in [9.17, 15) is 4.79 Å². The van der Waals surface area contributed by atoms with Crippen LogP contribution in [0.1, 0.15) is 44.1 Å². The number of carbonyl (C=O) groups excluding carboxylic acids is 1. The molecule has 1 amide bonds. The van der Waals surface area contributed by atoms with E-state index in [1.54, 1.807) is 0 Å². The fraction of sp³-hybridized carbons (Fsp3) is 0.708. The number of piperidine rings is 1.